The Bertz CT molecular complexity index is 628. The van der Waals surface area contributed by atoms with E-state index in [0.29, 0.717) is 16.4 Å². The van der Waals surface area contributed by atoms with Crippen LogP contribution in [0.3, 0.4) is 0 Å². The number of nitrogens with one attached hydrogen (secondary N) is 2. The molecule has 2 rings (SSSR count). The maximum absolute atomic E-state index is 12.1. The first-order valence-electron chi connectivity index (χ1n) is 6.96. The quantitative estimate of drug-likeness (QED) is 0.859. The van der Waals surface area contributed by atoms with Crippen LogP contribution in [-0.4, -0.2) is 43.0 Å². The average Bonchev–Trinajstić information content (AvgIpc) is 2.48. The van der Waals surface area contributed by atoms with Gasteiger partial charge >= 0.3 is 0 Å². The molecule has 0 bridgehead atoms. The summed E-state index contributed by atoms with van der Waals surface area (Å²) in [5, 5.41) is 6.53. The Morgan fingerprint density at radius 2 is 2.09 bits per heavy atom. The maximum atomic E-state index is 12.1. The molecule has 0 saturated heterocycles. The highest BCUT2D eigenvalue weighted by atomic mass is 35.5. The topological polar surface area (TPSA) is 57.3 Å². The lowest BCUT2D eigenvalue weighted by molar-refractivity contribution is 0.102. The molecule has 1 aromatic heterocycles. The highest BCUT2D eigenvalue weighted by molar-refractivity contribution is 6.31. The summed E-state index contributed by atoms with van der Waals surface area (Å²) in [6.07, 6.45) is 1.70. The number of rotatable bonds is 6. The van der Waals surface area contributed by atoms with Crippen molar-refractivity contribution in [1.29, 1.82) is 0 Å². The van der Waals surface area contributed by atoms with Gasteiger partial charge < -0.3 is 15.5 Å². The zero-order valence-electron chi connectivity index (χ0n) is 12.6. The van der Waals surface area contributed by atoms with Crippen LogP contribution < -0.4 is 10.6 Å². The third-order valence-corrected chi connectivity index (χ3v) is 3.22. The molecule has 0 aliphatic heterocycles. The largest absolute Gasteiger partial charge is 0.383 e. The van der Waals surface area contributed by atoms with Crippen LogP contribution in [0.5, 0.6) is 0 Å². The average molecular weight is 319 g/mol. The van der Waals surface area contributed by atoms with E-state index in [9.17, 15) is 4.79 Å². The number of anilines is 2. The summed E-state index contributed by atoms with van der Waals surface area (Å²) in [6, 6.07) is 10.4. The second-order valence-electron chi connectivity index (χ2n) is 5.13. The molecule has 0 spiro atoms. The van der Waals surface area contributed by atoms with E-state index in [0.717, 1.165) is 18.8 Å². The molecule has 6 heteroatoms. The molecule has 0 atom stereocenters. The molecule has 0 aliphatic rings. The van der Waals surface area contributed by atoms with E-state index in [4.69, 9.17) is 11.6 Å². The van der Waals surface area contributed by atoms with Gasteiger partial charge in [-0.1, -0.05) is 17.7 Å². The number of carbonyl (C=O) groups excluding carboxylic acids is 1. The fourth-order valence-corrected chi connectivity index (χ4v) is 2.00. The van der Waals surface area contributed by atoms with E-state index >= 15 is 0 Å². The molecule has 0 radical (unpaired) electrons. The minimum atomic E-state index is -0.233. The minimum absolute atomic E-state index is 0.233. The third kappa shape index (κ3) is 5.02. The first-order valence-corrected chi connectivity index (χ1v) is 7.34. The van der Waals surface area contributed by atoms with Crippen molar-refractivity contribution in [3.05, 3.63) is 53.2 Å². The lowest BCUT2D eigenvalue weighted by Crippen LogP contribution is -2.20. The standard InChI is InChI=1S/C16H19ClN4O/c1-21(2)9-8-18-14-6-7-15(19-11-14)20-16(22)12-4-3-5-13(17)10-12/h3-7,10-11,18H,8-9H2,1-2H3,(H,19,20,22). The third-order valence-electron chi connectivity index (χ3n) is 2.98. The molecular weight excluding hydrogens is 300 g/mol. The predicted octanol–water partition coefficient (Wildman–Crippen LogP) is 2.96. The normalized spacial score (nSPS) is 10.5. The SMILES string of the molecule is CN(C)CCNc1ccc(NC(=O)c2cccc(Cl)c2)nc1. The van der Waals surface area contributed by atoms with Crippen molar-refractivity contribution in [3.63, 3.8) is 0 Å². The van der Waals surface area contributed by atoms with Gasteiger partial charge in [-0.25, -0.2) is 4.98 Å². The second kappa shape index (κ2) is 7.77. The molecule has 116 valence electrons. The van der Waals surface area contributed by atoms with Crippen LogP contribution in [0.4, 0.5) is 11.5 Å². The number of aromatic nitrogens is 1. The summed E-state index contributed by atoms with van der Waals surface area (Å²) in [6.45, 7) is 1.77. The van der Waals surface area contributed by atoms with Gasteiger partial charge in [0.05, 0.1) is 11.9 Å². The van der Waals surface area contributed by atoms with Crippen LogP contribution in [0, 0.1) is 0 Å². The van der Waals surface area contributed by atoms with Crippen molar-refractivity contribution in [1.82, 2.24) is 9.88 Å². The number of pyridine rings is 1. The number of amides is 1. The van der Waals surface area contributed by atoms with E-state index in [1.54, 1.807) is 36.5 Å². The van der Waals surface area contributed by atoms with Gasteiger partial charge in [0.25, 0.3) is 5.91 Å². The smallest absolute Gasteiger partial charge is 0.256 e. The van der Waals surface area contributed by atoms with Gasteiger partial charge in [0.15, 0.2) is 0 Å². The number of hydrogen-bond acceptors (Lipinski definition) is 4. The first kappa shape index (κ1) is 16.3. The Morgan fingerprint density at radius 3 is 2.73 bits per heavy atom. The fourth-order valence-electron chi connectivity index (χ4n) is 1.81. The molecule has 22 heavy (non-hydrogen) atoms. The van der Waals surface area contributed by atoms with Crippen molar-refractivity contribution < 1.29 is 4.79 Å². The number of carbonyl (C=O) groups is 1. The lowest BCUT2D eigenvalue weighted by atomic mass is 10.2. The molecule has 2 N–H and O–H groups in total. The van der Waals surface area contributed by atoms with Crippen LogP contribution in [-0.2, 0) is 0 Å². The van der Waals surface area contributed by atoms with Crippen LogP contribution in [0.15, 0.2) is 42.6 Å². The molecule has 0 fully saturated rings. The van der Waals surface area contributed by atoms with Crippen molar-refractivity contribution in [2.24, 2.45) is 0 Å². The van der Waals surface area contributed by atoms with Crippen LogP contribution in [0.1, 0.15) is 10.4 Å². The number of hydrogen-bond donors (Lipinski definition) is 2. The van der Waals surface area contributed by atoms with E-state index < -0.39 is 0 Å². The van der Waals surface area contributed by atoms with Crippen LogP contribution in [0.2, 0.25) is 5.02 Å². The van der Waals surface area contributed by atoms with E-state index in [-0.39, 0.29) is 5.91 Å². The molecule has 0 saturated carbocycles. The Morgan fingerprint density at radius 1 is 1.27 bits per heavy atom. The maximum Gasteiger partial charge on any atom is 0.256 e. The van der Waals surface area contributed by atoms with Gasteiger partial charge in [0, 0.05) is 23.7 Å². The van der Waals surface area contributed by atoms with Crippen molar-refractivity contribution in [2.75, 3.05) is 37.8 Å². The zero-order chi connectivity index (χ0) is 15.9. The van der Waals surface area contributed by atoms with Crippen molar-refractivity contribution in [2.45, 2.75) is 0 Å². The Kier molecular flexibility index (Phi) is 5.75. The molecule has 1 amide bonds. The van der Waals surface area contributed by atoms with Gasteiger partial charge in [-0.05, 0) is 44.4 Å². The van der Waals surface area contributed by atoms with E-state index in [1.165, 1.54) is 0 Å². The van der Waals surface area contributed by atoms with Gasteiger partial charge in [-0.15, -0.1) is 0 Å². The number of benzene rings is 1. The molecule has 0 unspecified atom stereocenters. The molecular formula is C16H19ClN4O. The Hall–Kier alpha value is -2.11. The van der Waals surface area contributed by atoms with E-state index in [2.05, 4.69) is 20.5 Å². The van der Waals surface area contributed by atoms with Gasteiger partial charge in [0.2, 0.25) is 0 Å². The Balaban J connectivity index is 1.92. The molecule has 1 heterocycles. The Labute approximate surface area is 135 Å². The predicted molar refractivity (Wildman–Crippen MR) is 90.7 cm³/mol. The first-order chi connectivity index (χ1) is 10.5. The molecule has 1 aromatic carbocycles. The zero-order valence-corrected chi connectivity index (χ0v) is 13.4. The molecule has 5 nitrogen and oxygen atoms in total. The summed E-state index contributed by atoms with van der Waals surface area (Å²) in [4.78, 5) is 18.4. The minimum Gasteiger partial charge on any atom is -0.383 e. The lowest BCUT2D eigenvalue weighted by Gasteiger charge is -2.11. The second-order valence-corrected chi connectivity index (χ2v) is 5.56. The van der Waals surface area contributed by atoms with E-state index in [1.807, 2.05) is 20.2 Å². The fraction of sp³-hybridized carbons (Fsp3) is 0.250. The summed E-state index contributed by atoms with van der Waals surface area (Å²) < 4.78 is 0. The summed E-state index contributed by atoms with van der Waals surface area (Å²) in [7, 11) is 4.04. The van der Waals surface area contributed by atoms with Crippen LogP contribution in [0.25, 0.3) is 0 Å². The number of nitrogens with zero attached hydrogens (tertiary/aromatic N) is 2. The van der Waals surface area contributed by atoms with Gasteiger partial charge in [-0.3, -0.25) is 4.79 Å². The summed E-state index contributed by atoms with van der Waals surface area (Å²) in [5.74, 6) is 0.270. The summed E-state index contributed by atoms with van der Waals surface area (Å²) >= 11 is 5.88. The highest BCUT2D eigenvalue weighted by Gasteiger charge is 2.07. The summed E-state index contributed by atoms with van der Waals surface area (Å²) in [5.41, 5.74) is 1.42. The number of halogens is 1. The van der Waals surface area contributed by atoms with Gasteiger partial charge in [0.1, 0.15) is 5.82 Å². The molecule has 0 aliphatic carbocycles. The van der Waals surface area contributed by atoms with Crippen molar-refractivity contribution in [3.8, 4) is 0 Å². The monoisotopic (exact) mass is 318 g/mol. The van der Waals surface area contributed by atoms with Gasteiger partial charge in [-0.2, -0.15) is 0 Å². The molecule has 2 aromatic rings. The highest BCUT2D eigenvalue weighted by Crippen LogP contribution is 2.14. The van der Waals surface area contributed by atoms with Crippen molar-refractivity contribution >= 4 is 29.0 Å². The van der Waals surface area contributed by atoms with Crippen LogP contribution >= 0.6 is 11.6 Å². The number of likely N-dealkylation sites (N-methyl/N-ethyl adjacent to an activating group) is 1.